The zero-order chi connectivity index (χ0) is 16.3. The van der Waals surface area contributed by atoms with Crippen molar-refractivity contribution in [3.05, 3.63) is 64.4 Å². The average Bonchev–Trinajstić information content (AvgIpc) is 2.42. The van der Waals surface area contributed by atoms with Crippen LogP contribution in [0.5, 0.6) is 0 Å². The van der Waals surface area contributed by atoms with Crippen LogP contribution >= 0.6 is 11.6 Å². The Bertz CT molecular complexity index is 680. The maximum Gasteiger partial charge on any atom is 0.416 e. The second-order valence-corrected chi connectivity index (χ2v) is 4.91. The number of benzene rings is 2. The van der Waals surface area contributed by atoms with Crippen LogP contribution in [0.4, 0.5) is 23.2 Å². The van der Waals surface area contributed by atoms with E-state index in [1.807, 2.05) is 0 Å². The summed E-state index contributed by atoms with van der Waals surface area (Å²) in [4.78, 5) is 11.8. The Morgan fingerprint density at radius 1 is 1.14 bits per heavy atom. The number of amides is 1. The number of anilines is 1. The maximum atomic E-state index is 13.6. The Hall–Kier alpha value is -2.08. The molecule has 0 bridgehead atoms. The van der Waals surface area contributed by atoms with Crippen LogP contribution in [-0.4, -0.2) is 5.91 Å². The van der Waals surface area contributed by atoms with E-state index in [4.69, 9.17) is 11.6 Å². The molecule has 0 aromatic heterocycles. The van der Waals surface area contributed by atoms with E-state index in [1.54, 1.807) is 0 Å². The molecule has 2 nitrogen and oxygen atoms in total. The third-order valence-electron chi connectivity index (χ3n) is 2.87. The monoisotopic (exact) mass is 331 g/mol. The van der Waals surface area contributed by atoms with Crippen molar-refractivity contribution in [3.63, 3.8) is 0 Å². The van der Waals surface area contributed by atoms with Crippen LogP contribution in [0.2, 0.25) is 5.02 Å². The van der Waals surface area contributed by atoms with Gasteiger partial charge in [-0.15, -0.1) is 0 Å². The molecule has 22 heavy (non-hydrogen) atoms. The summed E-state index contributed by atoms with van der Waals surface area (Å²) in [6, 6.07) is 8.16. The van der Waals surface area contributed by atoms with Gasteiger partial charge in [0.25, 0.3) is 0 Å². The number of carbonyl (C=O) groups is 1. The van der Waals surface area contributed by atoms with Crippen LogP contribution < -0.4 is 5.32 Å². The summed E-state index contributed by atoms with van der Waals surface area (Å²) < 4.78 is 51.3. The lowest BCUT2D eigenvalue weighted by Gasteiger charge is -2.10. The third kappa shape index (κ3) is 3.98. The highest BCUT2D eigenvalue weighted by molar-refractivity contribution is 6.31. The molecule has 0 aliphatic rings. The zero-order valence-corrected chi connectivity index (χ0v) is 11.8. The molecule has 0 aliphatic carbocycles. The van der Waals surface area contributed by atoms with E-state index in [-0.39, 0.29) is 22.7 Å². The van der Waals surface area contributed by atoms with Gasteiger partial charge in [0.15, 0.2) is 0 Å². The van der Waals surface area contributed by atoms with E-state index in [1.165, 1.54) is 24.3 Å². The summed E-state index contributed by atoms with van der Waals surface area (Å²) in [5.74, 6) is -1.31. The molecular weight excluding hydrogens is 322 g/mol. The summed E-state index contributed by atoms with van der Waals surface area (Å²) >= 11 is 5.79. The van der Waals surface area contributed by atoms with Crippen LogP contribution in [0.3, 0.4) is 0 Å². The fourth-order valence-corrected chi connectivity index (χ4v) is 2.07. The lowest BCUT2D eigenvalue weighted by atomic mass is 10.1. The molecule has 0 fully saturated rings. The number of halogens is 5. The van der Waals surface area contributed by atoms with Gasteiger partial charge in [-0.3, -0.25) is 4.79 Å². The van der Waals surface area contributed by atoms with Crippen molar-refractivity contribution < 1.29 is 22.4 Å². The Kier molecular flexibility index (Phi) is 4.71. The van der Waals surface area contributed by atoms with Gasteiger partial charge in [-0.25, -0.2) is 4.39 Å². The molecule has 2 rings (SSSR count). The van der Waals surface area contributed by atoms with Crippen LogP contribution in [0, 0.1) is 5.82 Å². The Morgan fingerprint density at radius 3 is 2.45 bits per heavy atom. The SMILES string of the molecule is O=C(Cc1c(F)cccc1Cl)Nc1cccc(C(F)(F)F)c1. The molecule has 0 heterocycles. The number of nitrogens with one attached hydrogen (secondary N) is 1. The first-order valence-corrected chi connectivity index (χ1v) is 6.55. The number of carbonyl (C=O) groups excluding carboxylic acids is 1. The van der Waals surface area contributed by atoms with Crippen molar-refractivity contribution in [3.8, 4) is 0 Å². The normalized spacial score (nSPS) is 11.3. The molecule has 7 heteroatoms. The van der Waals surface area contributed by atoms with Gasteiger partial charge in [-0.2, -0.15) is 13.2 Å². The second-order valence-electron chi connectivity index (χ2n) is 4.50. The summed E-state index contributed by atoms with van der Waals surface area (Å²) in [5, 5.41) is 2.38. The predicted octanol–water partition coefficient (Wildman–Crippen LogP) is 4.68. The fourth-order valence-electron chi connectivity index (χ4n) is 1.84. The van der Waals surface area contributed by atoms with Crippen molar-refractivity contribution in [2.24, 2.45) is 0 Å². The molecule has 0 radical (unpaired) electrons. The van der Waals surface area contributed by atoms with Crippen molar-refractivity contribution in [1.29, 1.82) is 0 Å². The minimum Gasteiger partial charge on any atom is -0.326 e. The highest BCUT2D eigenvalue weighted by Crippen LogP contribution is 2.30. The molecule has 0 saturated carbocycles. The summed E-state index contributed by atoms with van der Waals surface area (Å²) in [5.41, 5.74) is -0.907. The largest absolute Gasteiger partial charge is 0.416 e. The zero-order valence-electron chi connectivity index (χ0n) is 11.0. The summed E-state index contributed by atoms with van der Waals surface area (Å²) in [7, 11) is 0. The van der Waals surface area contributed by atoms with E-state index in [0.29, 0.717) is 0 Å². The van der Waals surface area contributed by atoms with Crippen LogP contribution in [0.1, 0.15) is 11.1 Å². The van der Waals surface area contributed by atoms with Crippen molar-refractivity contribution in [1.82, 2.24) is 0 Å². The minimum absolute atomic E-state index is 0.00589. The van der Waals surface area contributed by atoms with E-state index in [0.717, 1.165) is 18.2 Å². The van der Waals surface area contributed by atoms with E-state index >= 15 is 0 Å². The minimum atomic E-state index is -4.50. The van der Waals surface area contributed by atoms with Crippen LogP contribution in [-0.2, 0) is 17.4 Å². The molecule has 0 atom stereocenters. The summed E-state index contributed by atoms with van der Waals surface area (Å²) in [6.07, 6.45) is -4.88. The molecule has 1 N–H and O–H groups in total. The molecule has 0 unspecified atom stereocenters. The topological polar surface area (TPSA) is 29.1 Å². The molecule has 116 valence electrons. The van der Waals surface area contributed by atoms with Crippen LogP contribution in [0.25, 0.3) is 0 Å². The van der Waals surface area contributed by atoms with Gasteiger partial charge in [0, 0.05) is 16.3 Å². The van der Waals surface area contributed by atoms with Gasteiger partial charge < -0.3 is 5.32 Å². The maximum absolute atomic E-state index is 13.6. The number of alkyl halides is 3. The van der Waals surface area contributed by atoms with E-state index < -0.39 is 23.5 Å². The first-order valence-electron chi connectivity index (χ1n) is 6.17. The molecule has 0 saturated heterocycles. The first-order chi connectivity index (χ1) is 10.3. The van der Waals surface area contributed by atoms with Gasteiger partial charge in [-0.05, 0) is 30.3 Å². The number of hydrogen-bond donors (Lipinski definition) is 1. The molecular formula is C15H10ClF4NO. The van der Waals surface area contributed by atoms with Gasteiger partial charge >= 0.3 is 6.18 Å². The Morgan fingerprint density at radius 2 is 1.82 bits per heavy atom. The molecule has 2 aromatic rings. The predicted molar refractivity (Wildman–Crippen MR) is 75.2 cm³/mol. The van der Waals surface area contributed by atoms with Gasteiger partial charge in [0.2, 0.25) is 5.91 Å². The number of hydrogen-bond acceptors (Lipinski definition) is 1. The van der Waals surface area contributed by atoms with Gasteiger partial charge in [0.1, 0.15) is 5.82 Å². The van der Waals surface area contributed by atoms with Crippen LogP contribution in [0.15, 0.2) is 42.5 Å². The second kappa shape index (κ2) is 6.36. The average molecular weight is 332 g/mol. The molecule has 1 amide bonds. The quantitative estimate of drug-likeness (QED) is 0.813. The van der Waals surface area contributed by atoms with Crippen molar-refractivity contribution in [2.75, 3.05) is 5.32 Å². The van der Waals surface area contributed by atoms with Crippen molar-refractivity contribution >= 4 is 23.2 Å². The van der Waals surface area contributed by atoms with Gasteiger partial charge in [-0.1, -0.05) is 23.7 Å². The number of rotatable bonds is 3. The smallest absolute Gasteiger partial charge is 0.326 e. The highest BCUT2D eigenvalue weighted by atomic mass is 35.5. The standard InChI is InChI=1S/C15H10ClF4NO/c16-12-5-2-6-13(17)11(12)8-14(22)21-10-4-1-3-9(7-10)15(18,19)20/h1-7H,8H2,(H,21,22). The first kappa shape index (κ1) is 16.3. The van der Waals surface area contributed by atoms with E-state index in [9.17, 15) is 22.4 Å². The fraction of sp³-hybridized carbons (Fsp3) is 0.133. The molecule has 2 aromatic carbocycles. The summed E-state index contributed by atoms with van der Waals surface area (Å²) in [6.45, 7) is 0. The van der Waals surface area contributed by atoms with Crippen molar-refractivity contribution in [2.45, 2.75) is 12.6 Å². The molecule has 0 spiro atoms. The van der Waals surface area contributed by atoms with Gasteiger partial charge in [0.05, 0.1) is 12.0 Å². The Labute approximate surface area is 128 Å². The molecule has 0 aliphatic heterocycles. The third-order valence-corrected chi connectivity index (χ3v) is 3.23. The lowest BCUT2D eigenvalue weighted by Crippen LogP contribution is -2.16. The highest BCUT2D eigenvalue weighted by Gasteiger charge is 2.30. The lowest BCUT2D eigenvalue weighted by molar-refractivity contribution is -0.137. The Balaban J connectivity index is 2.13. The van der Waals surface area contributed by atoms with E-state index in [2.05, 4.69) is 5.32 Å².